The number of hydrogen-bond acceptors (Lipinski definition) is 2. The molecule has 18 rings (SSSR count). The van der Waals surface area contributed by atoms with Gasteiger partial charge >= 0.3 is 0 Å². The van der Waals surface area contributed by atoms with Crippen molar-refractivity contribution >= 4 is 43.6 Å². The fourth-order valence-electron chi connectivity index (χ4n) is 16.9. The van der Waals surface area contributed by atoms with E-state index in [9.17, 15) is 10.5 Å². The maximum Gasteiger partial charge on any atom is 0.103 e. The summed E-state index contributed by atoms with van der Waals surface area (Å²) in [6.07, 6.45) is 0.754. The van der Waals surface area contributed by atoms with Crippen molar-refractivity contribution in [2.24, 2.45) is 0 Å². The third kappa shape index (κ3) is 8.38. The lowest BCUT2D eigenvalue weighted by molar-refractivity contribution is 0.510. The molecule has 0 amide bonds. The van der Waals surface area contributed by atoms with Gasteiger partial charge in [-0.25, -0.2) is 0 Å². The second kappa shape index (κ2) is 21.6. The number of benzene rings is 14. The zero-order chi connectivity index (χ0) is 63.5. The van der Waals surface area contributed by atoms with Gasteiger partial charge in [-0.1, -0.05) is 281 Å². The quantitative estimate of drug-likeness (QED) is 0.137. The van der Waals surface area contributed by atoms with Gasteiger partial charge in [-0.3, -0.25) is 0 Å². The highest BCUT2D eigenvalue weighted by atomic mass is 15.0. The summed E-state index contributed by atoms with van der Waals surface area (Å²) in [6.45, 7) is 4.79. The molecule has 444 valence electrons. The monoisotopic (exact) mass is 1210 g/mol. The van der Waals surface area contributed by atoms with Crippen LogP contribution in [-0.2, 0) is 10.8 Å². The molecular weight excluding hydrogens is 1150 g/mol. The summed E-state index contributed by atoms with van der Waals surface area (Å²) in [4.78, 5) is 0. The van der Waals surface area contributed by atoms with Crippen LogP contribution < -0.4 is 0 Å². The third-order valence-electron chi connectivity index (χ3n) is 20.9. The molecule has 2 aliphatic rings. The van der Waals surface area contributed by atoms with Crippen molar-refractivity contribution in [1.29, 1.82) is 10.5 Å². The van der Waals surface area contributed by atoms with Gasteiger partial charge in [0, 0.05) is 32.4 Å². The van der Waals surface area contributed by atoms with E-state index >= 15 is 0 Å². The number of rotatable bonds is 10. The molecule has 14 aromatic carbocycles. The molecule has 2 atom stereocenters. The first-order chi connectivity index (χ1) is 46.8. The first kappa shape index (κ1) is 55.5. The summed E-state index contributed by atoms with van der Waals surface area (Å²) in [6, 6.07) is 119. The highest BCUT2D eigenvalue weighted by Gasteiger charge is 2.60. The lowest BCUT2D eigenvalue weighted by Gasteiger charge is -2.35. The minimum atomic E-state index is -0.586. The maximum atomic E-state index is 12.5. The van der Waals surface area contributed by atoms with Crippen molar-refractivity contribution < 1.29 is 0 Å². The Hall–Kier alpha value is -12.3. The Morgan fingerprint density at radius 3 is 0.726 bits per heavy atom. The molecule has 4 heteroatoms. The van der Waals surface area contributed by atoms with Crippen molar-refractivity contribution in [2.75, 3.05) is 0 Å². The van der Waals surface area contributed by atoms with Crippen LogP contribution in [0.4, 0.5) is 0 Å². The van der Waals surface area contributed by atoms with E-state index in [1.807, 2.05) is 0 Å². The fourth-order valence-corrected chi connectivity index (χ4v) is 16.9. The number of hydrogen-bond donors (Lipinski definition) is 0. The summed E-state index contributed by atoms with van der Waals surface area (Å²) in [7, 11) is 0. The fraction of sp³-hybridized carbons (Fsp3) is 0.0549. The Balaban J connectivity index is 0.949. The van der Waals surface area contributed by atoms with Crippen LogP contribution in [0.25, 0.3) is 144 Å². The molecule has 0 fully saturated rings. The largest absolute Gasteiger partial charge is 0.308 e. The third-order valence-corrected chi connectivity index (χ3v) is 20.9. The highest BCUT2D eigenvalue weighted by Crippen LogP contribution is 2.67. The van der Waals surface area contributed by atoms with Gasteiger partial charge in [0.2, 0.25) is 0 Å². The number of fused-ring (bicyclic) bond motifs is 14. The van der Waals surface area contributed by atoms with Crippen molar-refractivity contribution in [3.8, 4) is 113 Å². The predicted molar refractivity (Wildman–Crippen MR) is 392 cm³/mol. The molecule has 0 saturated carbocycles. The lowest BCUT2D eigenvalue weighted by atomic mass is 9.71. The molecule has 95 heavy (non-hydrogen) atoms. The van der Waals surface area contributed by atoms with Crippen LogP contribution in [0, 0.1) is 22.7 Å². The van der Waals surface area contributed by atoms with Crippen LogP contribution in [0.1, 0.15) is 53.6 Å². The van der Waals surface area contributed by atoms with Crippen molar-refractivity contribution in [2.45, 2.75) is 31.1 Å². The predicted octanol–water partition coefficient (Wildman–Crippen LogP) is 23.3. The molecule has 0 radical (unpaired) electrons. The molecule has 2 bridgehead atoms. The van der Waals surface area contributed by atoms with Gasteiger partial charge in [0.25, 0.3) is 0 Å². The number of aromatic nitrogens is 2. The molecule has 0 saturated heterocycles. The number of nitrogens with zero attached hydrogens (tertiary/aromatic N) is 4. The zero-order valence-electron chi connectivity index (χ0n) is 52.5. The van der Waals surface area contributed by atoms with Gasteiger partial charge in [-0.2, -0.15) is 10.5 Å². The minimum Gasteiger partial charge on any atom is -0.308 e. The second-order valence-corrected chi connectivity index (χ2v) is 26.1. The summed E-state index contributed by atoms with van der Waals surface area (Å²) in [5, 5.41) is 29.2. The topological polar surface area (TPSA) is 57.4 Å². The standard InChI is InChI=1S/C91H60N4/c1-90-57-91(2,81-42-24-23-41-80(81)90)87-86(90)88(94-82-47-43-62(70-37-19-15-33-66(70)58-25-7-3-8-26-58)51-74(82)75-52-63(44-48-83(75)94)71-38-20-16-34-67(71)59-27-9-4-10-28-59)78(55-92)79(56-93)89(87)95-84-49-45-64(72-39-21-17-35-68(72)60-29-11-5-12-30-60)53-76(84)77-54-65(46-50-85(77)95)73-40-22-18-36-69(73)61-31-13-6-14-32-61/h3-54H,57H2,1-2H3. The normalized spacial score (nSPS) is 15.3. The molecular formula is C91H60N4. The molecule has 2 aromatic heterocycles. The van der Waals surface area contributed by atoms with Crippen molar-refractivity contribution in [3.05, 3.63) is 349 Å². The van der Waals surface area contributed by atoms with Crippen LogP contribution in [-0.4, -0.2) is 9.13 Å². The highest BCUT2D eigenvalue weighted by molar-refractivity contribution is 6.15. The van der Waals surface area contributed by atoms with Crippen molar-refractivity contribution in [3.63, 3.8) is 0 Å². The SMILES string of the molecule is CC12CC(C)(c3ccccc31)c1c(-n3c4ccc(-c5ccccc5-c5ccccc5)cc4c4cc(-c5ccccc5-c5ccccc5)ccc43)c(C#N)c(C#N)c(-n3c4ccc(-c5ccccc5-c5ccccc5)cc4c4cc(-c5ccccc5-c5ccccc5)ccc43)c12. The average molecular weight is 1210 g/mol. The second-order valence-electron chi connectivity index (χ2n) is 26.1. The lowest BCUT2D eigenvalue weighted by Crippen LogP contribution is -2.27. The smallest absolute Gasteiger partial charge is 0.103 e. The Labute approximate surface area is 552 Å². The molecule has 2 unspecified atom stereocenters. The van der Waals surface area contributed by atoms with Crippen LogP contribution in [0.3, 0.4) is 0 Å². The molecule has 2 heterocycles. The molecule has 4 nitrogen and oxygen atoms in total. The molecule has 0 N–H and O–H groups in total. The van der Waals surface area contributed by atoms with E-state index in [1.165, 1.54) is 11.1 Å². The first-order valence-electron chi connectivity index (χ1n) is 32.7. The van der Waals surface area contributed by atoms with E-state index in [-0.39, 0.29) is 0 Å². The first-order valence-corrected chi connectivity index (χ1v) is 32.7. The van der Waals surface area contributed by atoms with Crippen LogP contribution in [0.2, 0.25) is 0 Å². The summed E-state index contributed by atoms with van der Waals surface area (Å²) in [5.74, 6) is 0. The van der Waals surface area contributed by atoms with Gasteiger partial charge < -0.3 is 9.13 Å². The van der Waals surface area contributed by atoms with Crippen LogP contribution in [0.15, 0.2) is 315 Å². The van der Waals surface area contributed by atoms with E-state index < -0.39 is 10.8 Å². The van der Waals surface area contributed by atoms with Gasteiger partial charge in [-0.05, 0) is 166 Å². The van der Waals surface area contributed by atoms with Gasteiger partial charge in [0.1, 0.15) is 12.1 Å². The van der Waals surface area contributed by atoms with E-state index in [1.54, 1.807) is 0 Å². The molecule has 0 spiro atoms. The van der Waals surface area contributed by atoms with E-state index in [0.29, 0.717) is 11.1 Å². The van der Waals surface area contributed by atoms with E-state index in [2.05, 4.69) is 351 Å². The van der Waals surface area contributed by atoms with Crippen molar-refractivity contribution in [1.82, 2.24) is 9.13 Å². The Kier molecular flexibility index (Phi) is 12.6. The van der Waals surface area contributed by atoms with E-state index in [0.717, 1.165) is 162 Å². The zero-order valence-corrected chi connectivity index (χ0v) is 52.5. The van der Waals surface area contributed by atoms with Gasteiger partial charge in [0.05, 0.1) is 44.6 Å². The van der Waals surface area contributed by atoms with E-state index in [4.69, 9.17) is 0 Å². The maximum absolute atomic E-state index is 12.5. The molecule has 16 aromatic rings. The van der Waals surface area contributed by atoms with Gasteiger partial charge in [0.15, 0.2) is 0 Å². The Morgan fingerprint density at radius 1 is 0.263 bits per heavy atom. The Bertz CT molecular complexity index is 5280. The molecule has 2 aliphatic carbocycles. The van der Waals surface area contributed by atoms with Gasteiger partial charge in [-0.15, -0.1) is 0 Å². The Morgan fingerprint density at radius 2 is 0.484 bits per heavy atom. The van der Waals surface area contributed by atoms with Crippen LogP contribution >= 0.6 is 0 Å². The summed E-state index contributed by atoms with van der Waals surface area (Å²) >= 11 is 0. The molecule has 0 aliphatic heterocycles. The summed E-state index contributed by atoms with van der Waals surface area (Å²) < 4.78 is 4.73. The average Bonchev–Trinajstić information content (AvgIpc) is 1.50. The summed E-state index contributed by atoms with van der Waals surface area (Å²) in [5.41, 5.74) is 27.6. The van der Waals surface area contributed by atoms with Crippen LogP contribution in [0.5, 0.6) is 0 Å². The number of nitriles is 2. The minimum absolute atomic E-state index is 0.351.